The number of anilines is 1. The third-order valence-corrected chi connectivity index (χ3v) is 5.68. The monoisotopic (exact) mass is 422 g/mol. The van der Waals surface area contributed by atoms with E-state index in [1.807, 2.05) is 12.1 Å². The van der Waals surface area contributed by atoms with Crippen LogP contribution >= 0.6 is 27.7 Å². The number of benzene rings is 2. The second-order valence-electron chi connectivity index (χ2n) is 5.42. The Bertz CT molecular complexity index is 874. The molecule has 0 spiro atoms. The molecule has 2 aromatic carbocycles. The van der Waals surface area contributed by atoms with Gasteiger partial charge in [-0.15, -0.1) is 11.8 Å². The van der Waals surface area contributed by atoms with Crippen molar-refractivity contribution in [3.63, 3.8) is 0 Å². The molecule has 0 N–H and O–H groups in total. The molecule has 0 saturated carbocycles. The average Bonchev–Trinajstić information content (AvgIpc) is 3.20. The normalized spacial score (nSPS) is 18.7. The molecule has 1 saturated heterocycles. The smallest absolute Gasteiger partial charge is 0.279 e. The Balaban J connectivity index is 1.81. The summed E-state index contributed by atoms with van der Waals surface area (Å²) in [6.07, 6.45) is 0. The van der Waals surface area contributed by atoms with Gasteiger partial charge in [0.15, 0.2) is 11.5 Å². The van der Waals surface area contributed by atoms with Gasteiger partial charge in [0.1, 0.15) is 5.37 Å². The lowest BCUT2D eigenvalue weighted by Gasteiger charge is -2.24. The van der Waals surface area contributed by atoms with Crippen LogP contribution in [0, 0.1) is 10.1 Å². The fraction of sp³-hybridized carbons (Fsp3) is 0.188. The van der Waals surface area contributed by atoms with Crippen LogP contribution in [-0.4, -0.2) is 23.4 Å². The first-order valence-electron chi connectivity index (χ1n) is 7.32. The van der Waals surface area contributed by atoms with E-state index in [0.29, 0.717) is 22.7 Å². The lowest BCUT2D eigenvalue weighted by molar-refractivity contribution is -0.385. The van der Waals surface area contributed by atoms with Crippen molar-refractivity contribution >= 4 is 45.0 Å². The quantitative estimate of drug-likeness (QED) is 0.551. The highest BCUT2D eigenvalue weighted by molar-refractivity contribution is 9.10. The van der Waals surface area contributed by atoms with Crippen molar-refractivity contribution in [2.45, 2.75) is 5.37 Å². The third kappa shape index (κ3) is 2.83. The van der Waals surface area contributed by atoms with Gasteiger partial charge in [-0.2, -0.15) is 0 Å². The molecule has 128 valence electrons. The molecular weight excluding hydrogens is 412 g/mol. The van der Waals surface area contributed by atoms with Gasteiger partial charge in [0.25, 0.3) is 5.69 Å². The molecule has 1 amide bonds. The van der Waals surface area contributed by atoms with Crippen molar-refractivity contribution in [1.29, 1.82) is 0 Å². The van der Waals surface area contributed by atoms with E-state index < -0.39 is 10.3 Å². The van der Waals surface area contributed by atoms with Gasteiger partial charge >= 0.3 is 0 Å². The van der Waals surface area contributed by atoms with Crippen LogP contribution in [0.1, 0.15) is 10.9 Å². The van der Waals surface area contributed by atoms with Crippen LogP contribution in [0.4, 0.5) is 11.4 Å². The predicted molar refractivity (Wildman–Crippen MR) is 96.0 cm³/mol. The summed E-state index contributed by atoms with van der Waals surface area (Å²) in [6, 6.07) is 10.2. The van der Waals surface area contributed by atoms with E-state index >= 15 is 0 Å². The van der Waals surface area contributed by atoms with E-state index in [9.17, 15) is 14.9 Å². The first-order chi connectivity index (χ1) is 12.0. The first kappa shape index (κ1) is 16.2. The maximum atomic E-state index is 12.4. The van der Waals surface area contributed by atoms with Crippen molar-refractivity contribution < 1.29 is 19.2 Å². The van der Waals surface area contributed by atoms with Crippen LogP contribution < -0.4 is 14.4 Å². The van der Waals surface area contributed by atoms with Gasteiger partial charge in [-0.05, 0) is 30.3 Å². The molecule has 9 heteroatoms. The number of carbonyl (C=O) groups is 1. The highest BCUT2D eigenvalue weighted by atomic mass is 79.9. The van der Waals surface area contributed by atoms with Crippen LogP contribution in [0.15, 0.2) is 40.9 Å². The topological polar surface area (TPSA) is 81.9 Å². The number of fused-ring (bicyclic) bond motifs is 1. The Kier molecular flexibility index (Phi) is 4.04. The standard InChI is InChI=1S/C16H11BrN2O5S/c17-9-1-3-10(4-2-9)18-15(20)7-25-16(18)11-5-13-14(24-8-23-13)6-12(11)19(21)22/h1-6,16H,7-8H2/t16-/m0/s1. The minimum atomic E-state index is -0.497. The number of thioether (sulfide) groups is 1. The van der Waals surface area contributed by atoms with Crippen molar-refractivity contribution in [1.82, 2.24) is 0 Å². The molecule has 0 aliphatic carbocycles. The summed E-state index contributed by atoms with van der Waals surface area (Å²) in [6.45, 7) is 0.0309. The number of rotatable bonds is 3. The minimum Gasteiger partial charge on any atom is -0.454 e. The SMILES string of the molecule is O=C1CS[C@@H](c2cc3c(cc2[N+](=O)[O-])OCO3)N1c1ccc(Br)cc1. The Morgan fingerprint density at radius 2 is 1.88 bits per heavy atom. The van der Waals surface area contributed by atoms with Gasteiger partial charge in [0, 0.05) is 10.2 Å². The van der Waals surface area contributed by atoms with Crippen LogP contribution in [0.3, 0.4) is 0 Å². The summed E-state index contributed by atoms with van der Waals surface area (Å²) in [5.74, 6) is 0.965. The molecule has 1 fully saturated rings. The Morgan fingerprint density at radius 1 is 1.20 bits per heavy atom. The molecule has 4 rings (SSSR count). The van der Waals surface area contributed by atoms with Crippen molar-refractivity contribution in [2.24, 2.45) is 0 Å². The summed E-state index contributed by atoms with van der Waals surface area (Å²) >= 11 is 4.72. The molecule has 7 nitrogen and oxygen atoms in total. The summed E-state index contributed by atoms with van der Waals surface area (Å²) in [4.78, 5) is 25.1. The number of carbonyl (C=O) groups excluding carboxylic acids is 1. The number of nitro groups is 1. The molecule has 1 atom stereocenters. The van der Waals surface area contributed by atoms with Gasteiger partial charge in [-0.1, -0.05) is 15.9 Å². The molecule has 2 aromatic rings. The van der Waals surface area contributed by atoms with E-state index in [1.165, 1.54) is 17.8 Å². The van der Waals surface area contributed by atoms with E-state index in [-0.39, 0.29) is 24.1 Å². The zero-order chi connectivity index (χ0) is 17.6. The van der Waals surface area contributed by atoms with Gasteiger partial charge in [0.05, 0.1) is 22.3 Å². The zero-order valence-corrected chi connectivity index (χ0v) is 15.1. The third-order valence-electron chi connectivity index (χ3n) is 3.96. The van der Waals surface area contributed by atoms with Crippen molar-refractivity contribution in [3.8, 4) is 11.5 Å². The molecule has 0 aromatic heterocycles. The largest absolute Gasteiger partial charge is 0.454 e. The second-order valence-corrected chi connectivity index (χ2v) is 7.41. The molecule has 2 aliphatic heterocycles. The van der Waals surface area contributed by atoms with Crippen molar-refractivity contribution in [3.05, 3.63) is 56.5 Å². The highest BCUT2D eigenvalue weighted by Gasteiger charge is 2.39. The average molecular weight is 423 g/mol. The molecule has 0 radical (unpaired) electrons. The van der Waals surface area contributed by atoms with E-state index in [0.717, 1.165) is 4.47 Å². The lowest BCUT2D eigenvalue weighted by Crippen LogP contribution is -2.28. The molecule has 2 aliphatic rings. The first-order valence-corrected chi connectivity index (χ1v) is 9.16. The van der Waals surface area contributed by atoms with Crippen molar-refractivity contribution in [2.75, 3.05) is 17.4 Å². The summed E-state index contributed by atoms with van der Waals surface area (Å²) in [5, 5.41) is 11.0. The summed E-state index contributed by atoms with van der Waals surface area (Å²) in [7, 11) is 0. The summed E-state index contributed by atoms with van der Waals surface area (Å²) < 4.78 is 11.5. The second kappa shape index (κ2) is 6.23. The Hall–Kier alpha value is -2.26. The fourth-order valence-electron chi connectivity index (χ4n) is 2.84. The number of nitro benzene ring substituents is 1. The highest BCUT2D eigenvalue weighted by Crippen LogP contribution is 2.48. The lowest BCUT2D eigenvalue weighted by atomic mass is 10.1. The van der Waals surface area contributed by atoms with Crippen LogP contribution in [0.25, 0.3) is 0 Å². The fourth-order valence-corrected chi connectivity index (χ4v) is 4.30. The predicted octanol–water partition coefficient (Wildman–Crippen LogP) is 3.86. The maximum Gasteiger partial charge on any atom is 0.279 e. The van der Waals surface area contributed by atoms with Gasteiger partial charge in [0.2, 0.25) is 12.7 Å². The molecule has 0 bridgehead atoms. The van der Waals surface area contributed by atoms with Crippen LogP contribution in [0.5, 0.6) is 11.5 Å². The number of amides is 1. The molecule has 25 heavy (non-hydrogen) atoms. The maximum absolute atomic E-state index is 12.4. The Labute approximate surface area is 155 Å². The summed E-state index contributed by atoms with van der Waals surface area (Å²) in [5.41, 5.74) is 1.03. The number of ether oxygens (including phenoxy) is 2. The zero-order valence-electron chi connectivity index (χ0n) is 12.7. The number of hydrogen-bond acceptors (Lipinski definition) is 6. The van der Waals surface area contributed by atoms with Gasteiger partial charge < -0.3 is 9.47 Å². The van der Waals surface area contributed by atoms with Gasteiger partial charge in [-0.3, -0.25) is 19.8 Å². The molecular formula is C16H11BrN2O5S. The van der Waals surface area contributed by atoms with E-state index in [4.69, 9.17) is 9.47 Å². The van der Waals surface area contributed by atoms with Crippen LogP contribution in [-0.2, 0) is 4.79 Å². The van der Waals surface area contributed by atoms with Crippen LogP contribution in [0.2, 0.25) is 0 Å². The van der Waals surface area contributed by atoms with E-state index in [1.54, 1.807) is 23.1 Å². The molecule has 0 unspecified atom stereocenters. The van der Waals surface area contributed by atoms with E-state index in [2.05, 4.69) is 15.9 Å². The number of nitrogens with zero attached hydrogens (tertiary/aromatic N) is 2. The number of halogens is 1. The minimum absolute atomic E-state index is 0.0309. The Morgan fingerprint density at radius 3 is 2.56 bits per heavy atom. The molecule has 2 heterocycles. The number of hydrogen-bond donors (Lipinski definition) is 0. The van der Waals surface area contributed by atoms with Gasteiger partial charge in [-0.25, -0.2) is 0 Å².